The van der Waals surface area contributed by atoms with Crippen LogP contribution < -0.4 is 5.32 Å². The Morgan fingerprint density at radius 1 is 1.04 bits per heavy atom. The number of nitrogens with one attached hydrogen (secondary N) is 1. The maximum absolute atomic E-state index is 12.4. The van der Waals surface area contributed by atoms with Gasteiger partial charge in [-0.25, -0.2) is 0 Å². The first-order valence-electron chi connectivity index (χ1n) is 8.81. The molecule has 0 radical (unpaired) electrons. The summed E-state index contributed by atoms with van der Waals surface area (Å²) in [4.78, 5) is 26.4. The number of nitrogens with zero attached hydrogens (tertiary/aromatic N) is 1. The molecule has 1 aliphatic rings. The Hall–Kier alpha value is -2.30. The van der Waals surface area contributed by atoms with Crippen LogP contribution in [-0.2, 0) is 4.79 Å². The number of carbonyl (C=O) groups is 2. The molecule has 0 bridgehead atoms. The first-order chi connectivity index (χ1) is 13.0. The number of piperidine rings is 1. The van der Waals surface area contributed by atoms with Gasteiger partial charge in [0.05, 0.1) is 0 Å². The first kappa shape index (κ1) is 19.5. The van der Waals surface area contributed by atoms with Gasteiger partial charge in [0.15, 0.2) is 0 Å². The molecule has 2 aromatic rings. The highest BCUT2D eigenvalue weighted by Crippen LogP contribution is 2.22. The number of carbonyl (C=O) groups excluding carboxylic acids is 2. The van der Waals surface area contributed by atoms with Crippen LogP contribution >= 0.6 is 23.2 Å². The Kier molecular flexibility index (Phi) is 6.54. The van der Waals surface area contributed by atoms with E-state index in [4.69, 9.17) is 23.2 Å². The molecule has 4 nitrogen and oxygen atoms in total. The summed E-state index contributed by atoms with van der Waals surface area (Å²) < 4.78 is 0. The third-order valence-corrected chi connectivity index (χ3v) is 5.11. The molecule has 27 heavy (non-hydrogen) atoms. The fourth-order valence-corrected chi connectivity index (χ4v) is 3.48. The van der Waals surface area contributed by atoms with Crippen LogP contribution in [0.2, 0.25) is 10.0 Å². The van der Waals surface area contributed by atoms with Crippen molar-refractivity contribution in [2.75, 3.05) is 13.1 Å². The second kappa shape index (κ2) is 9.07. The van der Waals surface area contributed by atoms with Gasteiger partial charge in [-0.3, -0.25) is 9.59 Å². The highest BCUT2D eigenvalue weighted by atomic mass is 35.5. The number of halogens is 2. The van der Waals surface area contributed by atoms with E-state index in [0.717, 1.165) is 18.4 Å². The molecular weight excluding hydrogens is 383 g/mol. The van der Waals surface area contributed by atoms with E-state index in [9.17, 15) is 9.59 Å². The second-order valence-electron chi connectivity index (χ2n) is 6.44. The molecule has 140 valence electrons. The molecule has 0 aromatic heterocycles. The molecule has 0 spiro atoms. The average molecular weight is 403 g/mol. The molecule has 0 saturated carbocycles. The summed E-state index contributed by atoms with van der Waals surface area (Å²) in [6, 6.07) is 14.4. The smallest absolute Gasteiger partial charge is 0.251 e. The van der Waals surface area contributed by atoms with E-state index in [1.807, 2.05) is 18.2 Å². The lowest BCUT2D eigenvalue weighted by molar-refractivity contribution is -0.126. The van der Waals surface area contributed by atoms with Gasteiger partial charge in [-0.15, -0.1) is 0 Å². The van der Waals surface area contributed by atoms with Crippen LogP contribution in [0.5, 0.6) is 0 Å². The summed E-state index contributed by atoms with van der Waals surface area (Å²) >= 11 is 12.0. The van der Waals surface area contributed by atoms with Crippen molar-refractivity contribution in [3.05, 3.63) is 75.8 Å². The molecule has 3 rings (SSSR count). The molecule has 1 N–H and O–H groups in total. The third kappa shape index (κ3) is 5.34. The summed E-state index contributed by atoms with van der Waals surface area (Å²) in [5, 5.41) is 4.11. The monoisotopic (exact) mass is 402 g/mol. The maximum atomic E-state index is 12.4. The minimum absolute atomic E-state index is 0.0612. The fraction of sp³-hybridized carbons (Fsp3) is 0.238. The molecule has 0 aliphatic carbocycles. The Labute approximate surface area is 168 Å². The molecule has 1 fully saturated rings. The molecular formula is C21H20Cl2N2O2. The van der Waals surface area contributed by atoms with Crippen molar-refractivity contribution in [2.24, 2.45) is 0 Å². The van der Waals surface area contributed by atoms with Gasteiger partial charge in [0.2, 0.25) is 5.91 Å². The molecule has 1 saturated heterocycles. The number of likely N-dealkylation sites (tertiary alicyclic amines) is 1. The van der Waals surface area contributed by atoms with Crippen LogP contribution in [-0.4, -0.2) is 35.8 Å². The Bertz CT molecular complexity index is 845. The van der Waals surface area contributed by atoms with Crippen molar-refractivity contribution in [3.63, 3.8) is 0 Å². The van der Waals surface area contributed by atoms with E-state index in [1.165, 1.54) is 6.08 Å². The largest absolute Gasteiger partial charge is 0.349 e. The lowest BCUT2D eigenvalue weighted by atomic mass is 10.0. The lowest BCUT2D eigenvalue weighted by Crippen LogP contribution is -2.46. The highest BCUT2D eigenvalue weighted by Gasteiger charge is 2.23. The van der Waals surface area contributed by atoms with Gasteiger partial charge in [0, 0.05) is 40.8 Å². The highest BCUT2D eigenvalue weighted by molar-refractivity contribution is 6.35. The number of hydrogen-bond acceptors (Lipinski definition) is 2. The van der Waals surface area contributed by atoms with Gasteiger partial charge in [-0.1, -0.05) is 47.5 Å². The number of amides is 2. The van der Waals surface area contributed by atoms with Crippen LogP contribution in [0.4, 0.5) is 0 Å². The number of rotatable bonds is 4. The van der Waals surface area contributed by atoms with Crippen molar-refractivity contribution >= 4 is 41.1 Å². The van der Waals surface area contributed by atoms with Crippen molar-refractivity contribution < 1.29 is 9.59 Å². The van der Waals surface area contributed by atoms with Gasteiger partial charge < -0.3 is 10.2 Å². The van der Waals surface area contributed by atoms with E-state index in [2.05, 4.69) is 5.32 Å². The summed E-state index contributed by atoms with van der Waals surface area (Å²) in [6.07, 6.45) is 4.70. The molecule has 0 unspecified atom stereocenters. The lowest BCUT2D eigenvalue weighted by Gasteiger charge is -2.31. The SMILES string of the molecule is O=C(NC1CCN(C(=O)/C=C/c2ccc(Cl)cc2Cl)CC1)c1ccccc1. The van der Waals surface area contributed by atoms with Crippen molar-refractivity contribution in [3.8, 4) is 0 Å². The van der Waals surface area contributed by atoms with Gasteiger partial charge in [0.25, 0.3) is 5.91 Å². The van der Waals surface area contributed by atoms with Gasteiger partial charge in [-0.05, 0) is 48.7 Å². The summed E-state index contributed by atoms with van der Waals surface area (Å²) in [5.41, 5.74) is 1.40. The molecule has 0 atom stereocenters. The maximum Gasteiger partial charge on any atom is 0.251 e. The van der Waals surface area contributed by atoms with Gasteiger partial charge in [-0.2, -0.15) is 0 Å². The first-order valence-corrected chi connectivity index (χ1v) is 9.56. The van der Waals surface area contributed by atoms with Crippen molar-refractivity contribution in [1.29, 1.82) is 0 Å². The zero-order valence-electron chi connectivity index (χ0n) is 14.7. The molecule has 6 heteroatoms. The van der Waals surface area contributed by atoms with E-state index in [0.29, 0.717) is 28.7 Å². The zero-order valence-corrected chi connectivity index (χ0v) is 16.2. The van der Waals surface area contributed by atoms with Crippen LogP contribution in [0, 0.1) is 0 Å². The van der Waals surface area contributed by atoms with Gasteiger partial charge >= 0.3 is 0 Å². The Balaban J connectivity index is 1.50. The molecule has 2 amide bonds. The minimum Gasteiger partial charge on any atom is -0.349 e. The van der Waals surface area contributed by atoms with Crippen LogP contribution in [0.1, 0.15) is 28.8 Å². The van der Waals surface area contributed by atoms with E-state index in [-0.39, 0.29) is 17.9 Å². The fourth-order valence-electron chi connectivity index (χ4n) is 3.01. The molecule has 1 aliphatic heterocycles. The topological polar surface area (TPSA) is 49.4 Å². The van der Waals surface area contributed by atoms with Crippen molar-refractivity contribution in [1.82, 2.24) is 10.2 Å². The molecule has 2 aromatic carbocycles. The van der Waals surface area contributed by atoms with Crippen LogP contribution in [0.15, 0.2) is 54.6 Å². The van der Waals surface area contributed by atoms with E-state index < -0.39 is 0 Å². The minimum atomic E-state index is -0.0716. The predicted molar refractivity (Wildman–Crippen MR) is 109 cm³/mol. The predicted octanol–water partition coefficient (Wildman–Crippen LogP) is 4.43. The van der Waals surface area contributed by atoms with E-state index >= 15 is 0 Å². The summed E-state index contributed by atoms with van der Waals surface area (Å²) in [6.45, 7) is 1.22. The van der Waals surface area contributed by atoms with Crippen LogP contribution in [0.25, 0.3) is 6.08 Å². The molecule has 1 heterocycles. The Morgan fingerprint density at radius 2 is 1.74 bits per heavy atom. The quantitative estimate of drug-likeness (QED) is 0.768. The second-order valence-corrected chi connectivity index (χ2v) is 7.28. The van der Waals surface area contributed by atoms with Crippen molar-refractivity contribution in [2.45, 2.75) is 18.9 Å². The normalized spacial score (nSPS) is 15.1. The third-order valence-electron chi connectivity index (χ3n) is 4.55. The zero-order chi connectivity index (χ0) is 19.2. The standard InChI is InChI=1S/C21H20Cl2N2O2/c22-17-8-6-15(19(23)14-17)7-9-20(26)25-12-10-18(11-13-25)24-21(27)16-4-2-1-3-5-16/h1-9,14,18H,10-13H2,(H,24,27)/b9-7+. The average Bonchev–Trinajstić information content (AvgIpc) is 2.68. The number of benzene rings is 2. The van der Waals surface area contributed by atoms with E-state index in [1.54, 1.807) is 41.3 Å². The van der Waals surface area contributed by atoms with Crippen LogP contribution in [0.3, 0.4) is 0 Å². The summed E-state index contributed by atoms with van der Waals surface area (Å²) in [7, 11) is 0. The Morgan fingerprint density at radius 3 is 2.41 bits per heavy atom. The number of hydrogen-bond donors (Lipinski definition) is 1. The summed E-state index contributed by atoms with van der Waals surface area (Å²) in [5.74, 6) is -0.133. The van der Waals surface area contributed by atoms with Gasteiger partial charge in [0.1, 0.15) is 0 Å².